The van der Waals surface area contributed by atoms with Crippen LogP contribution in [0, 0.1) is 5.82 Å². The molecule has 0 atom stereocenters. The van der Waals surface area contributed by atoms with Gasteiger partial charge in [-0.15, -0.1) is 0 Å². The zero-order chi connectivity index (χ0) is 17.5. The Hall–Kier alpha value is -2.40. The summed E-state index contributed by atoms with van der Waals surface area (Å²) in [5, 5.41) is 3.16. The Morgan fingerprint density at radius 3 is 2.33 bits per heavy atom. The minimum Gasteiger partial charge on any atom is -0.350 e. The van der Waals surface area contributed by atoms with Crippen LogP contribution >= 0.6 is 11.6 Å². The Balaban J connectivity index is 1.95. The molecule has 0 aliphatic carbocycles. The van der Waals surface area contributed by atoms with E-state index in [1.54, 1.807) is 36.4 Å². The molecule has 6 heteroatoms. The number of carbonyl (C=O) groups excluding carboxylic acids is 2. The van der Waals surface area contributed by atoms with Crippen LogP contribution in [0.3, 0.4) is 0 Å². The molecule has 0 fully saturated rings. The maximum absolute atomic E-state index is 13.5. The Bertz CT molecular complexity index is 736. The number of halogens is 2. The normalized spacial score (nSPS) is 10.3. The summed E-state index contributed by atoms with van der Waals surface area (Å²) >= 11 is 6.09. The highest BCUT2D eigenvalue weighted by atomic mass is 35.5. The second-order valence-electron chi connectivity index (χ2n) is 5.33. The van der Waals surface area contributed by atoms with Crippen molar-refractivity contribution in [3.8, 4) is 0 Å². The highest BCUT2D eigenvalue weighted by Crippen LogP contribution is 2.17. The number of nitrogens with zero attached hydrogens (tertiary/aromatic N) is 1. The van der Waals surface area contributed by atoms with Gasteiger partial charge in [-0.3, -0.25) is 9.59 Å². The van der Waals surface area contributed by atoms with E-state index in [0.29, 0.717) is 10.6 Å². The number of rotatable bonds is 6. The molecule has 2 aromatic carbocycles. The summed E-state index contributed by atoms with van der Waals surface area (Å²) in [5.41, 5.74) is 1.16. The fraction of sp³-hybridized carbons (Fsp3) is 0.222. The molecule has 0 aliphatic rings. The fourth-order valence-electron chi connectivity index (χ4n) is 2.18. The number of carbonyl (C=O) groups is 2. The van der Waals surface area contributed by atoms with Crippen LogP contribution < -0.4 is 5.32 Å². The monoisotopic (exact) mass is 348 g/mol. The Morgan fingerprint density at radius 2 is 1.71 bits per heavy atom. The number of benzene rings is 2. The number of amides is 2. The van der Waals surface area contributed by atoms with Crippen molar-refractivity contribution >= 4 is 23.4 Å². The molecule has 0 aromatic heterocycles. The van der Waals surface area contributed by atoms with Gasteiger partial charge in [0.1, 0.15) is 5.82 Å². The Morgan fingerprint density at radius 1 is 1.08 bits per heavy atom. The van der Waals surface area contributed by atoms with Crippen LogP contribution in [0.15, 0.2) is 48.5 Å². The molecule has 24 heavy (non-hydrogen) atoms. The van der Waals surface area contributed by atoms with E-state index in [2.05, 4.69) is 5.32 Å². The van der Waals surface area contributed by atoms with Crippen molar-refractivity contribution in [2.24, 2.45) is 0 Å². The van der Waals surface area contributed by atoms with Gasteiger partial charge in [0, 0.05) is 30.6 Å². The van der Waals surface area contributed by atoms with Crippen molar-refractivity contribution in [3.63, 3.8) is 0 Å². The first-order valence-electron chi connectivity index (χ1n) is 7.46. The molecule has 2 amide bonds. The summed E-state index contributed by atoms with van der Waals surface area (Å²) in [6.45, 7) is 1.58. The number of hydrogen-bond donors (Lipinski definition) is 1. The van der Waals surface area contributed by atoms with Gasteiger partial charge >= 0.3 is 0 Å². The first-order chi connectivity index (χ1) is 11.5. The molecule has 0 heterocycles. The van der Waals surface area contributed by atoms with Crippen LogP contribution in [0.2, 0.25) is 5.02 Å². The van der Waals surface area contributed by atoms with Gasteiger partial charge in [0.15, 0.2) is 0 Å². The molecule has 0 bridgehead atoms. The van der Waals surface area contributed by atoms with Gasteiger partial charge in [0.05, 0.1) is 6.54 Å². The van der Waals surface area contributed by atoms with Gasteiger partial charge in [0.25, 0.3) is 0 Å². The lowest BCUT2D eigenvalue weighted by molar-refractivity contribution is -0.135. The average molecular weight is 349 g/mol. The topological polar surface area (TPSA) is 49.4 Å². The van der Waals surface area contributed by atoms with Crippen LogP contribution in [0.25, 0.3) is 0 Å². The van der Waals surface area contributed by atoms with Gasteiger partial charge in [0.2, 0.25) is 11.8 Å². The molecule has 0 unspecified atom stereocenters. The van der Waals surface area contributed by atoms with Crippen molar-refractivity contribution in [3.05, 3.63) is 70.5 Å². The van der Waals surface area contributed by atoms with Crippen molar-refractivity contribution < 1.29 is 14.0 Å². The zero-order valence-corrected chi connectivity index (χ0v) is 14.0. The van der Waals surface area contributed by atoms with E-state index in [1.807, 2.05) is 6.07 Å². The molecule has 4 nitrogen and oxygen atoms in total. The van der Waals surface area contributed by atoms with Gasteiger partial charge in [-0.25, -0.2) is 4.39 Å². The fourth-order valence-corrected chi connectivity index (χ4v) is 2.37. The summed E-state index contributed by atoms with van der Waals surface area (Å²) in [5.74, 6) is -0.978. The van der Waals surface area contributed by atoms with Crippen LogP contribution in [-0.4, -0.2) is 23.3 Å². The van der Waals surface area contributed by atoms with Crippen molar-refractivity contribution in [1.29, 1.82) is 0 Å². The first-order valence-corrected chi connectivity index (χ1v) is 7.84. The second kappa shape index (κ2) is 8.45. The summed E-state index contributed by atoms with van der Waals surface area (Å²) < 4.78 is 13.5. The van der Waals surface area contributed by atoms with E-state index in [9.17, 15) is 14.0 Å². The average Bonchev–Trinajstić information content (AvgIpc) is 2.55. The molecule has 0 radical (unpaired) electrons. The van der Waals surface area contributed by atoms with Crippen LogP contribution in [0.1, 0.15) is 18.1 Å². The predicted octanol–water partition coefficient (Wildman–Crippen LogP) is 3.14. The lowest BCUT2D eigenvalue weighted by Crippen LogP contribution is -2.39. The minimum atomic E-state index is -0.378. The van der Waals surface area contributed by atoms with Crippen LogP contribution in [0.4, 0.5) is 4.39 Å². The molecule has 0 spiro atoms. The van der Waals surface area contributed by atoms with E-state index in [4.69, 9.17) is 11.6 Å². The largest absolute Gasteiger partial charge is 0.350 e. The molecule has 2 rings (SSSR count). The first kappa shape index (κ1) is 17.9. The molecule has 126 valence electrons. The maximum Gasteiger partial charge on any atom is 0.239 e. The maximum atomic E-state index is 13.5. The van der Waals surface area contributed by atoms with E-state index in [1.165, 1.54) is 17.9 Å². The summed E-state index contributed by atoms with van der Waals surface area (Å²) in [4.78, 5) is 25.2. The lowest BCUT2D eigenvalue weighted by atomic mass is 10.2. The third-order valence-electron chi connectivity index (χ3n) is 3.53. The summed E-state index contributed by atoms with van der Waals surface area (Å²) in [6, 6.07) is 13.4. The standard InChI is InChI=1S/C18H18ClFN2O2/c1-13(23)22(11-15-7-2-4-8-16(15)19)12-18(24)21-10-14-6-3-5-9-17(14)20/h2-9H,10-12H2,1H3,(H,21,24). The van der Waals surface area contributed by atoms with E-state index >= 15 is 0 Å². The number of nitrogens with one attached hydrogen (secondary N) is 1. The highest BCUT2D eigenvalue weighted by molar-refractivity contribution is 6.31. The SMILES string of the molecule is CC(=O)N(CC(=O)NCc1ccccc1F)Cc1ccccc1Cl. The Kier molecular flexibility index (Phi) is 6.32. The predicted molar refractivity (Wildman–Crippen MR) is 90.8 cm³/mol. The van der Waals surface area contributed by atoms with E-state index < -0.39 is 0 Å². The van der Waals surface area contributed by atoms with Crippen LogP contribution in [0.5, 0.6) is 0 Å². The quantitative estimate of drug-likeness (QED) is 0.871. The van der Waals surface area contributed by atoms with Gasteiger partial charge in [-0.05, 0) is 17.7 Å². The van der Waals surface area contributed by atoms with Gasteiger partial charge in [-0.2, -0.15) is 0 Å². The third-order valence-corrected chi connectivity index (χ3v) is 3.90. The lowest BCUT2D eigenvalue weighted by Gasteiger charge is -2.21. The smallest absolute Gasteiger partial charge is 0.239 e. The Labute approximate surface area is 145 Å². The molecule has 1 N–H and O–H groups in total. The third kappa shape index (κ3) is 5.06. The van der Waals surface area contributed by atoms with Crippen molar-refractivity contribution in [2.75, 3.05) is 6.54 Å². The molecular formula is C18H18ClFN2O2. The van der Waals surface area contributed by atoms with Gasteiger partial charge < -0.3 is 10.2 Å². The van der Waals surface area contributed by atoms with Gasteiger partial charge in [-0.1, -0.05) is 48.0 Å². The number of hydrogen-bond acceptors (Lipinski definition) is 2. The van der Waals surface area contributed by atoms with E-state index in [0.717, 1.165) is 5.56 Å². The molecule has 2 aromatic rings. The van der Waals surface area contributed by atoms with Crippen molar-refractivity contribution in [1.82, 2.24) is 10.2 Å². The zero-order valence-electron chi connectivity index (χ0n) is 13.3. The molecule has 0 saturated heterocycles. The molecular weight excluding hydrogens is 331 g/mol. The molecule has 0 saturated carbocycles. The highest BCUT2D eigenvalue weighted by Gasteiger charge is 2.15. The van der Waals surface area contributed by atoms with Crippen LogP contribution in [-0.2, 0) is 22.7 Å². The summed E-state index contributed by atoms with van der Waals surface area (Å²) in [7, 11) is 0. The second-order valence-corrected chi connectivity index (χ2v) is 5.74. The summed E-state index contributed by atoms with van der Waals surface area (Å²) in [6.07, 6.45) is 0. The van der Waals surface area contributed by atoms with Crippen molar-refractivity contribution in [2.45, 2.75) is 20.0 Å². The molecule has 0 aliphatic heterocycles. The van der Waals surface area contributed by atoms with E-state index in [-0.39, 0.29) is 37.3 Å². The minimum absolute atomic E-state index is 0.0728.